The summed E-state index contributed by atoms with van der Waals surface area (Å²) in [5.41, 5.74) is 2.85. The minimum Gasteiger partial charge on any atom is -0.496 e. The minimum atomic E-state index is -0.0522. The van der Waals surface area contributed by atoms with Crippen LogP contribution in [0, 0.1) is 0 Å². The molecular weight excluding hydrogens is 394 g/mol. The van der Waals surface area contributed by atoms with E-state index in [0.29, 0.717) is 41.7 Å². The van der Waals surface area contributed by atoms with E-state index < -0.39 is 0 Å². The van der Waals surface area contributed by atoms with Gasteiger partial charge in [0.25, 0.3) is 5.88 Å². The maximum Gasteiger partial charge on any atom is 0.258 e. The molecule has 3 aromatic rings. The number of rotatable bonds is 8. The van der Waals surface area contributed by atoms with Crippen LogP contribution in [0.15, 0.2) is 36.7 Å². The van der Waals surface area contributed by atoms with Crippen molar-refractivity contribution in [1.29, 1.82) is 0 Å². The molecule has 0 spiro atoms. The molecule has 31 heavy (non-hydrogen) atoms. The quantitative estimate of drug-likeness (QED) is 0.516. The molecule has 1 saturated carbocycles. The van der Waals surface area contributed by atoms with Crippen molar-refractivity contribution in [2.75, 3.05) is 20.3 Å². The van der Waals surface area contributed by atoms with E-state index in [0.717, 1.165) is 25.0 Å². The number of carbonyl (C=O) groups excluding carboxylic acids is 1. The zero-order valence-corrected chi connectivity index (χ0v) is 18.2. The number of aromatic nitrogens is 3. The molecule has 2 aromatic heterocycles. The van der Waals surface area contributed by atoms with Crippen LogP contribution in [-0.4, -0.2) is 46.1 Å². The summed E-state index contributed by atoms with van der Waals surface area (Å²) in [6, 6.07) is 7.24. The fourth-order valence-corrected chi connectivity index (χ4v) is 4.94. The second-order valence-corrected chi connectivity index (χ2v) is 8.92. The summed E-state index contributed by atoms with van der Waals surface area (Å²) in [5, 5.41) is 0. The largest absolute Gasteiger partial charge is 0.496 e. The van der Waals surface area contributed by atoms with Crippen molar-refractivity contribution in [1.82, 2.24) is 14.4 Å². The average Bonchev–Trinajstić information content (AvgIpc) is 3.43. The van der Waals surface area contributed by atoms with Gasteiger partial charge in [-0.3, -0.25) is 4.79 Å². The van der Waals surface area contributed by atoms with Crippen LogP contribution in [0.4, 0.5) is 0 Å². The number of imidazole rings is 1. The van der Waals surface area contributed by atoms with Gasteiger partial charge in [-0.15, -0.1) is 0 Å². The van der Waals surface area contributed by atoms with Crippen LogP contribution in [0.25, 0.3) is 5.65 Å². The van der Waals surface area contributed by atoms with Gasteiger partial charge >= 0.3 is 0 Å². The number of ketones is 1. The molecular formula is C24H27N3O4. The predicted octanol–water partition coefficient (Wildman–Crippen LogP) is 3.77. The van der Waals surface area contributed by atoms with E-state index in [4.69, 9.17) is 19.2 Å². The van der Waals surface area contributed by atoms with E-state index in [1.165, 1.54) is 0 Å². The molecule has 7 heteroatoms. The number of para-hydroxylation sites is 1. The third-order valence-corrected chi connectivity index (χ3v) is 6.31. The zero-order chi connectivity index (χ0) is 21.6. The van der Waals surface area contributed by atoms with Crippen LogP contribution in [-0.2, 0) is 16.6 Å². The van der Waals surface area contributed by atoms with Gasteiger partial charge in [0.15, 0.2) is 5.78 Å². The summed E-state index contributed by atoms with van der Waals surface area (Å²) >= 11 is 0. The summed E-state index contributed by atoms with van der Waals surface area (Å²) in [7, 11) is 1.57. The zero-order valence-electron chi connectivity index (χ0n) is 18.2. The molecule has 0 unspecified atom stereocenters. The summed E-state index contributed by atoms with van der Waals surface area (Å²) < 4.78 is 19.2. The van der Waals surface area contributed by atoms with Gasteiger partial charge in [0.05, 0.1) is 49.3 Å². The average molecular weight is 421 g/mol. The highest BCUT2D eigenvalue weighted by Crippen LogP contribution is 2.58. The highest BCUT2D eigenvalue weighted by atomic mass is 16.5. The number of nitrogens with zero attached hydrogens (tertiary/aromatic N) is 3. The molecule has 0 radical (unpaired) electrons. The van der Waals surface area contributed by atoms with Crippen LogP contribution in [0.3, 0.4) is 0 Å². The molecule has 1 aliphatic carbocycles. The van der Waals surface area contributed by atoms with E-state index in [9.17, 15) is 4.79 Å². The molecule has 0 amide bonds. The Hall–Kier alpha value is -2.93. The molecule has 2 bridgehead atoms. The van der Waals surface area contributed by atoms with E-state index in [-0.39, 0.29) is 23.2 Å². The molecule has 7 nitrogen and oxygen atoms in total. The van der Waals surface area contributed by atoms with Gasteiger partial charge in [-0.2, -0.15) is 0 Å². The lowest BCUT2D eigenvalue weighted by Gasteiger charge is -2.41. The maximum absolute atomic E-state index is 13.0. The number of Topliss-reactive ketones (excluding diaryl/α,β-unsaturated/α-hetero) is 1. The minimum absolute atomic E-state index is 0.0120. The number of ether oxygens (including phenoxy) is 3. The Kier molecular flexibility index (Phi) is 4.73. The smallest absolute Gasteiger partial charge is 0.258 e. The monoisotopic (exact) mass is 421 g/mol. The lowest BCUT2D eigenvalue weighted by atomic mass is 9.62. The summed E-state index contributed by atoms with van der Waals surface area (Å²) in [6.07, 6.45) is 6.91. The Balaban J connectivity index is 1.49. The third kappa shape index (κ3) is 3.37. The first-order valence-corrected chi connectivity index (χ1v) is 10.8. The summed E-state index contributed by atoms with van der Waals surface area (Å²) in [5.74, 6) is 0.980. The second-order valence-electron chi connectivity index (χ2n) is 8.92. The number of carbonyl (C=O) groups is 1. The number of methoxy groups -OCH3 is 1. The number of hydrogen-bond donors (Lipinski definition) is 0. The molecule has 162 valence electrons. The highest BCUT2D eigenvalue weighted by Gasteiger charge is 2.61. The normalized spacial score (nSPS) is 24.2. The van der Waals surface area contributed by atoms with Crippen molar-refractivity contribution in [2.45, 2.75) is 50.5 Å². The molecule has 0 atom stereocenters. The van der Waals surface area contributed by atoms with Crippen molar-refractivity contribution in [3.63, 3.8) is 0 Å². The van der Waals surface area contributed by atoms with Crippen molar-refractivity contribution in [2.24, 2.45) is 0 Å². The first kappa shape index (κ1) is 20.0. The van der Waals surface area contributed by atoms with Gasteiger partial charge < -0.3 is 18.6 Å². The molecule has 3 fully saturated rings. The topological polar surface area (TPSA) is 75.0 Å². The van der Waals surface area contributed by atoms with Gasteiger partial charge in [-0.05, 0) is 38.3 Å². The fourth-order valence-electron chi connectivity index (χ4n) is 4.94. The van der Waals surface area contributed by atoms with Gasteiger partial charge in [-0.1, -0.05) is 19.1 Å². The van der Waals surface area contributed by atoms with E-state index in [1.54, 1.807) is 19.2 Å². The molecule has 1 aromatic carbocycles. The Morgan fingerprint density at radius 1 is 1.23 bits per heavy atom. The van der Waals surface area contributed by atoms with Crippen LogP contribution in [0.2, 0.25) is 0 Å². The van der Waals surface area contributed by atoms with E-state index in [1.807, 2.05) is 35.9 Å². The molecule has 2 saturated heterocycles. The third-order valence-electron chi connectivity index (χ3n) is 6.31. The highest BCUT2D eigenvalue weighted by molar-refractivity contribution is 5.99. The number of hydrogen-bond acceptors (Lipinski definition) is 6. The van der Waals surface area contributed by atoms with Crippen LogP contribution >= 0.6 is 0 Å². The van der Waals surface area contributed by atoms with Crippen molar-refractivity contribution in [3.8, 4) is 11.6 Å². The van der Waals surface area contributed by atoms with Gasteiger partial charge in [0.1, 0.15) is 5.75 Å². The maximum atomic E-state index is 13.0. The molecule has 0 N–H and O–H groups in total. The predicted molar refractivity (Wildman–Crippen MR) is 115 cm³/mol. The lowest BCUT2D eigenvalue weighted by molar-refractivity contribution is 0.0154. The van der Waals surface area contributed by atoms with Gasteiger partial charge in [-0.25, -0.2) is 9.97 Å². The summed E-state index contributed by atoms with van der Waals surface area (Å²) in [4.78, 5) is 22.5. The van der Waals surface area contributed by atoms with Crippen LogP contribution in [0.5, 0.6) is 11.6 Å². The fraction of sp³-hybridized carbons (Fsp3) is 0.458. The Morgan fingerprint density at radius 3 is 2.74 bits per heavy atom. The number of benzene rings is 1. The van der Waals surface area contributed by atoms with Gasteiger partial charge in [0, 0.05) is 17.8 Å². The van der Waals surface area contributed by atoms with Crippen molar-refractivity contribution in [3.05, 3.63) is 53.6 Å². The van der Waals surface area contributed by atoms with Crippen LogP contribution < -0.4 is 9.47 Å². The lowest BCUT2D eigenvalue weighted by Crippen LogP contribution is -2.45. The first-order chi connectivity index (χ1) is 15.0. The SMILES string of the molecule is CCCOc1nc(CC(=O)c2ccccc2OC)cn2cc(C34COC(C)(C3)C4)nc12. The molecule has 3 aliphatic rings. The Morgan fingerprint density at radius 2 is 2.03 bits per heavy atom. The van der Waals surface area contributed by atoms with Crippen LogP contribution in [0.1, 0.15) is 54.9 Å². The molecule has 2 aliphatic heterocycles. The molecule has 6 rings (SSSR count). The van der Waals surface area contributed by atoms with Gasteiger partial charge in [0.2, 0.25) is 5.65 Å². The van der Waals surface area contributed by atoms with Crippen molar-refractivity contribution >= 4 is 11.4 Å². The van der Waals surface area contributed by atoms with Crippen molar-refractivity contribution < 1.29 is 19.0 Å². The second kappa shape index (κ2) is 7.34. The Labute approximate surface area is 181 Å². The standard InChI is InChI=1S/C24H27N3O4/c1-4-9-30-22-21-26-20(24-13-23(2,14-24)31-15-24)12-27(21)11-16(25-22)10-18(28)17-7-5-6-8-19(17)29-3/h5-8,11-12H,4,9-10,13-15H2,1-3H3. The molecule has 4 heterocycles. The van der Waals surface area contributed by atoms with E-state index in [2.05, 4.69) is 11.9 Å². The van der Waals surface area contributed by atoms with E-state index >= 15 is 0 Å². The summed E-state index contributed by atoms with van der Waals surface area (Å²) in [6.45, 7) is 5.45. The first-order valence-electron chi connectivity index (χ1n) is 10.8. The number of fused-ring (bicyclic) bond motifs is 2. The Bertz CT molecular complexity index is 1150.